The van der Waals surface area contributed by atoms with Crippen LogP contribution in [-0.2, 0) is 11.3 Å². The van der Waals surface area contributed by atoms with E-state index in [9.17, 15) is 5.11 Å². The number of pyridine rings is 1. The number of benzene rings is 1. The van der Waals surface area contributed by atoms with Crippen LogP contribution in [0.4, 0.5) is 4.39 Å². The first-order valence-corrected chi connectivity index (χ1v) is 12.6. The average molecular weight is 478 g/mol. The van der Waals surface area contributed by atoms with Gasteiger partial charge in [-0.05, 0) is 56.1 Å². The number of nitrogens with zero attached hydrogens (tertiary/aromatic N) is 4. The van der Waals surface area contributed by atoms with Crippen molar-refractivity contribution >= 4 is 0 Å². The number of aliphatic hydroxyl groups is 1. The highest BCUT2D eigenvalue weighted by molar-refractivity contribution is 5.45. The molecule has 4 heterocycles. The molecule has 186 valence electrons. The Labute approximate surface area is 207 Å². The van der Waals surface area contributed by atoms with Gasteiger partial charge in [0.1, 0.15) is 5.60 Å². The highest BCUT2D eigenvalue weighted by Gasteiger charge is 2.55. The number of imidazole rings is 1. The third-order valence-electron chi connectivity index (χ3n) is 7.98. The Kier molecular flexibility index (Phi) is 6.06. The largest absolute Gasteiger partial charge is 0.380 e. The molecular weight excluding hydrogens is 441 g/mol. The van der Waals surface area contributed by atoms with Crippen molar-refractivity contribution in [2.45, 2.75) is 50.8 Å². The van der Waals surface area contributed by atoms with Crippen LogP contribution in [0.15, 0.2) is 55.2 Å². The molecule has 0 bridgehead atoms. The van der Waals surface area contributed by atoms with Gasteiger partial charge < -0.3 is 19.9 Å². The number of nitrogens with one attached hydrogen (secondary N) is 1. The molecule has 35 heavy (non-hydrogen) atoms. The third kappa shape index (κ3) is 4.09. The van der Waals surface area contributed by atoms with Gasteiger partial charge in [0.15, 0.2) is 5.67 Å². The maximum Gasteiger partial charge on any atom is 0.156 e. The number of hydrogen-bond acceptors (Lipinski definition) is 5. The van der Waals surface area contributed by atoms with Crippen LogP contribution in [0.1, 0.15) is 61.9 Å². The van der Waals surface area contributed by atoms with Crippen LogP contribution in [0.25, 0.3) is 5.69 Å². The summed E-state index contributed by atoms with van der Waals surface area (Å²) in [7, 11) is 2.07. The lowest BCUT2D eigenvalue weighted by Crippen LogP contribution is -2.63. The van der Waals surface area contributed by atoms with Crippen LogP contribution in [-0.4, -0.2) is 57.8 Å². The number of likely N-dealkylation sites (tertiary alicyclic amines) is 1. The fourth-order valence-electron chi connectivity index (χ4n) is 5.89. The van der Waals surface area contributed by atoms with E-state index in [-0.39, 0.29) is 5.41 Å². The molecule has 2 aliphatic rings. The van der Waals surface area contributed by atoms with Crippen molar-refractivity contribution in [1.29, 1.82) is 0 Å². The molecule has 0 radical (unpaired) electrons. The summed E-state index contributed by atoms with van der Waals surface area (Å²) in [5.41, 5.74) is 1.03. The molecular formula is C28H36FN5O. The van der Waals surface area contributed by atoms with Gasteiger partial charge in [0.25, 0.3) is 0 Å². The molecule has 0 aliphatic carbocycles. The SMILES string of the molecule is CC(C)c1ccc([C@](O)(c2cncc(-n3cnc(C4(F)CCNCC4)c3)c2)C2(C)CN(C)C2)cc1. The fraction of sp³-hybridized carbons (Fsp3) is 0.500. The molecule has 2 aliphatic heterocycles. The summed E-state index contributed by atoms with van der Waals surface area (Å²) >= 11 is 0. The molecule has 1 atom stereocenters. The topological polar surface area (TPSA) is 66.2 Å². The summed E-state index contributed by atoms with van der Waals surface area (Å²) in [6, 6.07) is 10.3. The van der Waals surface area contributed by atoms with Gasteiger partial charge in [-0.25, -0.2) is 9.37 Å². The second-order valence-electron chi connectivity index (χ2n) is 11.0. The van der Waals surface area contributed by atoms with E-state index in [1.54, 1.807) is 24.9 Å². The van der Waals surface area contributed by atoms with Gasteiger partial charge >= 0.3 is 0 Å². The minimum atomic E-state index is -1.41. The molecule has 7 heteroatoms. The van der Waals surface area contributed by atoms with E-state index in [1.165, 1.54) is 5.56 Å². The molecule has 5 rings (SSSR count). The van der Waals surface area contributed by atoms with Crippen LogP contribution in [0.2, 0.25) is 0 Å². The van der Waals surface area contributed by atoms with Crippen LogP contribution in [0, 0.1) is 5.41 Å². The molecule has 0 amide bonds. The first-order chi connectivity index (χ1) is 16.6. The maximum atomic E-state index is 15.5. The van der Waals surface area contributed by atoms with Crippen molar-refractivity contribution in [1.82, 2.24) is 24.8 Å². The summed E-state index contributed by atoms with van der Waals surface area (Å²) in [6.07, 6.45) is 7.74. The van der Waals surface area contributed by atoms with Crippen molar-refractivity contribution in [2.24, 2.45) is 5.41 Å². The molecule has 2 N–H and O–H groups in total. The lowest BCUT2D eigenvalue weighted by Gasteiger charge is -2.55. The second-order valence-corrected chi connectivity index (χ2v) is 11.0. The Morgan fingerprint density at radius 2 is 1.77 bits per heavy atom. The van der Waals surface area contributed by atoms with Crippen molar-refractivity contribution in [3.8, 4) is 5.69 Å². The van der Waals surface area contributed by atoms with E-state index < -0.39 is 11.3 Å². The highest BCUT2D eigenvalue weighted by atomic mass is 19.1. The van der Waals surface area contributed by atoms with Gasteiger partial charge in [-0.3, -0.25) is 4.98 Å². The Morgan fingerprint density at radius 1 is 1.09 bits per heavy atom. The number of alkyl halides is 1. The van der Waals surface area contributed by atoms with Gasteiger partial charge in [0.2, 0.25) is 0 Å². The zero-order chi connectivity index (χ0) is 24.8. The predicted octanol–water partition coefficient (Wildman–Crippen LogP) is 4.13. The molecule has 0 spiro atoms. The number of rotatable bonds is 6. The van der Waals surface area contributed by atoms with E-state index in [0.717, 1.165) is 29.9 Å². The quantitative estimate of drug-likeness (QED) is 0.559. The summed E-state index contributed by atoms with van der Waals surface area (Å²) in [5, 5.41) is 15.7. The van der Waals surface area contributed by atoms with E-state index in [1.807, 2.05) is 22.8 Å². The van der Waals surface area contributed by atoms with Gasteiger partial charge in [-0.2, -0.15) is 0 Å². The molecule has 3 aromatic rings. The minimum Gasteiger partial charge on any atom is -0.380 e. The standard InChI is InChI=1S/C28H36FN5O/c1-20(2)21-5-7-22(8-6-21)28(35,26(3)17-33(4)18-26)23-13-24(15-31-14-23)34-16-25(32-19-34)27(29)9-11-30-12-10-27/h5-8,13-16,19-20,30,35H,9-12,17-18H2,1-4H3/t28-/m0/s1. The Bertz CT molecular complexity index is 1180. The van der Waals surface area contributed by atoms with E-state index >= 15 is 4.39 Å². The molecule has 0 unspecified atom stereocenters. The van der Waals surface area contributed by atoms with Crippen molar-refractivity contribution in [2.75, 3.05) is 33.2 Å². The number of hydrogen-bond donors (Lipinski definition) is 2. The maximum absolute atomic E-state index is 15.5. The molecule has 0 saturated carbocycles. The van der Waals surface area contributed by atoms with Crippen molar-refractivity contribution < 1.29 is 9.50 Å². The summed E-state index contributed by atoms with van der Waals surface area (Å²) in [5.74, 6) is 0.418. The molecule has 1 aromatic carbocycles. The Hall–Kier alpha value is -2.61. The van der Waals surface area contributed by atoms with Crippen molar-refractivity contribution in [3.63, 3.8) is 0 Å². The average Bonchev–Trinajstić information content (AvgIpc) is 3.35. The van der Waals surface area contributed by atoms with Crippen LogP contribution >= 0.6 is 0 Å². The number of aromatic nitrogens is 3. The summed E-state index contributed by atoms with van der Waals surface area (Å²) in [6.45, 7) is 9.31. The zero-order valence-electron chi connectivity index (χ0n) is 21.1. The molecule has 2 aromatic heterocycles. The molecule has 6 nitrogen and oxygen atoms in total. The van der Waals surface area contributed by atoms with Gasteiger partial charge in [0.05, 0.1) is 23.9 Å². The first kappa shape index (κ1) is 24.1. The zero-order valence-corrected chi connectivity index (χ0v) is 21.1. The monoisotopic (exact) mass is 477 g/mol. The van der Waals surface area contributed by atoms with Gasteiger partial charge in [-0.15, -0.1) is 0 Å². The lowest BCUT2D eigenvalue weighted by molar-refractivity contribution is -0.127. The lowest BCUT2D eigenvalue weighted by atomic mass is 9.62. The van der Waals surface area contributed by atoms with E-state index in [2.05, 4.69) is 60.1 Å². The second kappa shape index (κ2) is 8.80. The molecule has 2 fully saturated rings. The number of piperidine rings is 1. The Morgan fingerprint density at radius 3 is 2.40 bits per heavy atom. The molecule has 2 saturated heterocycles. The summed E-state index contributed by atoms with van der Waals surface area (Å²) in [4.78, 5) is 11.1. The fourth-order valence-corrected chi connectivity index (χ4v) is 5.89. The van der Waals surface area contributed by atoms with Crippen molar-refractivity contribution in [3.05, 3.63) is 77.6 Å². The Balaban J connectivity index is 1.54. The van der Waals surface area contributed by atoms with Crippen LogP contribution in [0.5, 0.6) is 0 Å². The predicted molar refractivity (Wildman–Crippen MR) is 135 cm³/mol. The van der Waals surface area contributed by atoms with Gasteiger partial charge in [-0.1, -0.05) is 45.0 Å². The van der Waals surface area contributed by atoms with E-state index in [0.29, 0.717) is 37.5 Å². The van der Waals surface area contributed by atoms with Gasteiger partial charge in [0, 0.05) is 36.5 Å². The van der Waals surface area contributed by atoms with E-state index in [4.69, 9.17) is 0 Å². The third-order valence-corrected chi connectivity index (χ3v) is 7.98. The summed E-state index contributed by atoms with van der Waals surface area (Å²) < 4.78 is 17.3. The van der Waals surface area contributed by atoms with Crippen LogP contribution in [0.3, 0.4) is 0 Å². The highest BCUT2D eigenvalue weighted by Crippen LogP contribution is 2.50. The smallest absolute Gasteiger partial charge is 0.156 e. The minimum absolute atomic E-state index is 0.375. The van der Waals surface area contributed by atoms with Crippen LogP contribution < -0.4 is 5.32 Å². The normalized spacial score (nSPS) is 21.5. The first-order valence-electron chi connectivity index (χ1n) is 12.6. The number of halogens is 1.